The molecule has 0 aromatic carbocycles. The molecule has 10 heteroatoms. The molecular formula is C21H36N4O5S. The van der Waals surface area contributed by atoms with E-state index < -0.39 is 30.1 Å². The Bertz CT molecular complexity index is 676. The van der Waals surface area contributed by atoms with Crippen LogP contribution in [0.15, 0.2) is 0 Å². The van der Waals surface area contributed by atoms with Crippen molar-refractivity contribution in [3.63, 3.8) is 0 Å². The number of nitrogens with one attached hydrogen (secondary N) is 1. The van der Waals surface area contributed by atoms with E-state index in [-0.39, 0.29) is 23.6 Å². The van der Waals surface area contributed by atoms with Crippen molar-refractivity contribution in [1.29, 1.82) is 0 Å². The van der Waals surface area contributed by atoms with Crippen molar-refractivity contribution in [3.05, 3.63) is 0 Å². The highest BCUT2D eigenvalue weighted by Crippen LogP contribution is 2.23. The van der Waals surface area contributed by atoms with Gasteiger partial charge in [0.1, 0.15) is 18.1 Å². The third-order valence-electron chi connectivity index (χ3n) is 6.43. The van der Waals surface area contributed by atoms with Gasteiger partial charge in [0.25, 0.3) is 0 Å². The zero-order valence-corrected chi connectivity index (χ0v) is 19.5. The van der Waals surface area contributed by atoms with E-state index in [1.54, 1.807) is 11.8 Å². The van der Waals surface area contributed by atoms with E-state index in [9.17, 15) is 24.3 Å². The van der Waals surface area contributed by atoms with Gasteiger partial charge < -0.3 is 26.0 Å². The molecule has 0 saturated carbocycles. The average molecular weight is 457 g/mol. The largest absolute Gasteiger partial charge is 0.480 e. The van der Waals surface area contributed by atoms with Crippen LogP contribution in [0, 0.1) is 5.92 Å². The van der Waals surface area contributed by atoms with Crippen LogP contribution in [-0.2, 0) is 19.2 Å². The van der Waals surface area contributed by atoms with Crippen LogP contribution >= 0.6 is 11.8 Å². The number of carboxylic acid groups (broad SMARTS) is 1. The molecule has 0 spiro atoms. The van der Waals surface area contributed by atoms with E-state index in [4.69, 9.17) is 5.73 Å². The van der Waals surface area contributed by atoms with E-state index in [0.29, 0.717) is 50.9 Å². The summed E-state index contributed by atoms with van der Waals surface area (Å²) in [5, 5.41) is 12.2. The Morgan fingerprint density at radius 1 is 1.10 bits per heavy atom. The number of hydrogen-bond donors (Lipinski definition) is 3. The minimum absolute atomic E-state index is 0.0100. The molecule has 5 atom stereocenters. The van der Waals surface area contributed by atoms with Crippen molar-refractivity contribution in [2.45, 2.75) is 76.5 Å². The van der Waals surface area contributed by atoms with Crippen LogP contribution in [0.5, 0.6) is 0 Å². The summed E-state index contributed by atoms with van der Waals surface area (Å²) in [5.74, 6) is -1.33. The topological polar surface area (TPSA) is 133 Å². The molecule has 0 bridgehead atoms. The van der Waals surface area contributed by atoms with Gasteiger partial charge in [-0.25, -0.2) is 4.79 Å². The van der Waals surface area contributed by atoms with Crippen LogP contribution in [-0.4, -0.2) is 87.9 Å². The van der Waals surface area contributed by atoms with Crippen molar-refractivity contribution in [3.8, 4) is 0 Å². The number of amides is 3. The number of carboxylic acids is 1. The molecule has 0 aliphatic carbocycles. The van der Waals surface area contributed by atoms with E-state index in [1.807, 2.05) is 20.1 Å². The zero-order chi connectivity index (χ0) is 23.1. The molecule has 0 aromatic rings. The second-order valence-corrected chi connectivity index (χ2v) is 9.46. The number of carbonyl (C=O) groups is 4. The predicted octanol–water partition coefficient (Wildman–Crippen LogP) is 0.664. The lowest BCUT2D eigenvalue weighted by molar-refractivity contribution is -0.149. The van der Waals surface area contributed by atoms with Crippen LogP contribution in [0.25, 0.3) is 0 Å². The third-order valence-corrected chi connectivity index (χ3v) is 7.07. The van der Waals surface area contributed by atoms with Crippen molar-refractivity contribution in [1.82, 2.24) is 15.1 Å². The number of carbonyl (C=O) groups excluding carboxylic acids is 3. The van der Waals surface area contributed by atoms with Gasteiger partial charge in [-0.1, -0.05) is 20.3 Å². The van der Waals surface area contributed by atoms with Gasteiger partial charge in [-0.05, 0) is 50.0 Å². The van der Waals surface area contributed by atoms with E-state index in [1.165, 1.54) is 9.80 Å². The molecule has 31 heavy (non-hydrogen) atoms. The molecule has 2 fully saturated rings. The van der Waals surface area contributed by atoms with Gasteiger partial charge in [0.15, 0.2) is 0 Å². The Morgan fingerprint density at radius 2 is 1.68 bits per heavy atom. The minimum Gasteiger partial charge on any atom is -0.480 e. The maximum Gasteiger partial charge on any atom is 0.326 e. The van der Waals surface area contributed by atoms with Crippen molar-refractivity contribution < 1.29 is 24.3 Å². The quantitative estimate of drug-likeness (QED) is 0.440. The summed E-state index contributed by atoms with van der Waals surface area (Å²) in [6.07, 6.45) is 5.36. The first-order chi connectivity index (χ1) is 14.7. The minimum atomic E-state index is -1.02. The number of likely N-dealkylation sites (tertiary alicyclic amines) is 2. The number of aliphatic carboxylic acids is 1. The van der Waals surface area contributed by atoms with Crippen LogP contribution < -0.4 is 11.1 Å². The molecular weight excluding hydrogens is 420 g/mol. The smallest absolute Gasteiger partial charge is 0.326 e. The summed E-state index contributed by atoms with van der Waals surface area (Å²) in [6, 6.07) is -2.96. The standard InChI is InChI=1S/C21H36N4O5S/c1-4-13(2)17(22)20(28)24-10-5-7-15(24)18(26)23-14(9-12-31-3)19(27)25-11-6-8-16(25)21(29)30/h13-17H,4-12,22H2,1-3H3,(H,23,26)(H,29,30). The normalized spacial score (nSPS) is 24.0. The van der Waals surface area contributed by atoms with Gasteiger partial charge in [0.2, 0.25) is 17.7 Å². The fourth-order valence-electron chi connectivity index (χ4n) is 4.24. The lowest BCUT2D eigenvalue weighted by atomic mass is 9.98. The maximum atomic E-state index is 13.1. The summed E-state index contributed by atoms with van der Waals surface area (Å²) in [7, 11) is 0. The Labute approximate surface area is 188 Å². The van der Waals surface area contributed by atoms with Crippen molar-refractivity contribution in [2.75, 3.05) is 25.1 Å². The number of nitrogens with two attached hydrogens (primary N) is 1. The Hall–Kier alpha value is -1.81. The van der Waals surface area contributed by atoms with Crippen LogP contribution in [0.2, 0.25) is 0 Å². The second-order valence-electron chi connectivity index (χ2n) is 8.47. The summed E-state index contributed by atoms with van der Waals surface area (Å²) < 4.78 is 0. The average Bonchev–Trinajstić information content (AvgIpc) is 3.44. The number of thioether (sulfide) groups is 1. The monoisotopic (exact) mass is 456 g/mol. The van der Waals surface area contributed by atoms with Crippen LogP contribution in [0.3, 0.4) is 0 Å². The molecule has 2 rings (SSSR count). The molecule has 3 amide bonds. The first-order valence-electron chi connectivity index (χ1n) is 11.1. The van der Waals surface area contributed by atoms with Crippen LogP contribution in [0.1, 0.15) is 52.4 Å². The van der Waals surface area contributed by atoms with Gasteiger partial charge in [-0.15, -0.1) is 0 Å². The van der Waals surface area contributed by atoms with Crippen molar-refractivity contribution >= 4 is 35.5 Å². The maximum absolute atomic E-state index is 13.1. The van der Waals surface area contributed by atoms with Gasteiger partial charge in [0, 0.05) is 13.1 Å². The lowest BCUT2D eigenvalue weighted by Gasteiger charge is -2.31. The summed E-state index contributed by atoms with van der Waals surface area (Å²) in [4.78, 5) is 53.5. The molecule has 4 N–H and O–H groups in total. The highest BCUT2D eigenvalue weighted by molar-refractivity contribution is 7.98. The van der Waals surface area contributed by atoms with Gasteiger partial charge in [-0.3, -0.25) is 14.4 Å². The highest BCUT2D eigenvalue weighted by Gasteiger charge is 2.41. The molecule has 176 valence electrons. The third kappa shape index (κ3) is 6.12. The Kier molecular flexibility index (Phi) is 9.61. The van der Waals surface area contributed by atoms with Gasteiger partial charge >= 0.3 is 5.97 Å². The first-order valence-corrected chi connectivity index (χ1v) is 12.5. The Balaban J connectivity index is 2.11. The summed E-state index contributed by atoms with van der Waals surface area (Å²) >= 11 is 1.55. The van der Waals surface area contributed by atoms with E-state index in [2.05, 4.69) is 5.32 Å². The summed E-state index contributed by atoms with van der Waals surface area (Å²) in [6.45, 7) is 4.73. The second kappa shape index (κ2) is 11.7. The summed E-state index contributed by atoms with van der Waals surface area (Å²) in [5.41, 5.74) is 6.11. The van der Waals surface area contributed by atoms with E-state index in [0.717, 1.165) is 6.42 Å². The number of hydrogen-bond acceptors (Lipinski definition) is 6. The molecule has 2 aliphatic heterocycles. The highest BCUT2D eigenvalue weighted by atomic mass is 32.2. The van der Waals surface area contributed by atoms with Gasteiger partial charge in [0.05, 0.1) is 6.04 Å². The Morgan fingerprint density at radius 3 is 2.23 bits per heavy atom. The molecule has 2 aliphatic rings. The molecule has 0 radical (unpaired) electrons. The van der Waals surface area contributed by atoms with Crippen LogP contribution in [0.4, 0.5) is 0 Å². The molecule has 9 nitrogen and oxygen atoms in total. The molecule has 5 unspecified atom stereocenters. The molecule has 2 saturated heterocycles. The fourth-order valence-corrected chi connectivity index (χ4v) is 4.71. The first kappa shape index (κ1) is 25.5. The SMILES string of the molecule is CCC(C)C(N)C(=O)N1CCCC1C(=O)NC(CCSC)C(=O)N1CCCC1C(=O)O. The van der Waals surface area contributed by atoms with Crippen molar-refractivity contribution in [2.24, 2.45) is 11.7 Å². The number of nitrogens with zero attached hydrogens (tertiary/aromatic N) is 2. The number of rotatable bonds is 10. The van der Waals surface area contributed by atoms with E-state index >= 15 is 0 Å². The lowest BCUT2D eigenvalue weighted by Crippen LogP contribution is -2.57. The zero-order valence-electron chi connectivity index (χ0n) is 18.7. The van der Waals surface area contributed by atoms with Gasteiger partial charge in [-0.2, -0.15) is 11.8 Å². The molecule has 2 heterocycles. The predicted molar refractivity (Wildman–Crippen MR) is 119 cm³/mol. The fraction of sp³-hybridized carbons (Fsp3) is 0.810. The molecule has 0 aromatic heterocycles.